The van der Waals surface area contributed by atoms with E-state index in [4.69, 9.17) is 0 Å². The van der Waals surface area contributed by atoms with E-state index in [1.165, 1.54) is 59.1 Å². The summed E-state index contributed by atoms with van der Waals surface area (Å²) in [4.78, 5) is 5.95. The van der Waals surface area contributed by atoms with E-state index in [9.17, 15) is 0 Å². The maximum atomic E-state index is 3.46. The highest BCUT2D eigenvalue weighted by atomic mass is 15.1. The summed E-state index contributed by atoms with van der Waals surface area (Å²) in [6, 6.07) is 17.4. The fourth-order valence-electron chi connectivity index (χ4n) is 4.10. The molecule has 1 saturated heterocycles. The second-order valence-electron chi connectivity index (χ2n) is 6.72. The predicted octanol–water partition coefficient (Wildman–Crippen LogP) is 4.90. The zero-order valence-electron chi connectivity index (χ0n) is 13.1. The molecule has 23 heavy (non-hydrogen) atoms. The Morgan fingerprint density at radius 2 is 1.74 bits per heavy atom. The molecule has 2 aromatic carbocycles. The highest BCUT2D eigenvalue weighted by Crippen LogP contribution is 2.40. The number of rotatable bonds is 2. The SMILES string of the molecule is C1=C(c2c[nH]c3ccc(-c4ccccc4)cc23)C2CCN1CC2. The first kappa shape index (κ1) is 13.0. The van der Waals surface area contributed by atoms with Gasteiger partial charge in [0.05, 0.1) is 0 Å². The number of fused-ring (bicyclic) bond motifs is 3. The third-order valence-electron chi connectivity index (χ3n) is 5.39. The average Bonchev–Trinajstić information content (AvgIpc) is 3.06. The second kappa shape index (κ2) is 5.02. The van der Waals surface area contributed by atoms with E-state index in [2.05, 4.69) is 70.8 Å². The van der Waals surface area contributed by atoms with Crippen LogP contribution in [-0.2, 0) is 0 Å². The minimum absolute atomic E-state index is 0.736. The zero-order valence-corrected chi connectivity index (χ0v) is 13.1. The number of H-pyrrole nitrogens is 1. The molecule has 0 atom stereocenters. The lowest BCUT2D eigenvalue weighted by Crippen LogP contribution is -2.35. The van der Waals surface area contributed by atoms with E-state index in [1.54, 1.807) is 0 Å². The number of nitrogens with one attached hydrogen (secondary N) is 1. The molecule has 1 N–H and O–H groups in total. The molecule has 2 nitrogen and oxygen atoms in total. The highest BCUT2D eigenvalue weighted by molar-refractivity contribution is 5.95. The molecule has 1 aromatic heterocycles. The Morgan fingerprint density at radius 3 is 2.48 bits per heavy atom. The molecular weight excluding hydrogens is 280 g/mol. The van der Waals surface area contributed by atoms with Gasteiger partial charge in [0.25, 0.3) is 0 Å². The van der Waals surface area contributed by atoms with Gasteiger partial charge in [0.15, 0.2) is 0 Å². The van der Waals surface area contributed by atoms with Crippen molar-refractivity contribution in [3.63, 3.8) is 0 Å². The Labute approximate surface area is 136 Å². The number of aromatic amines is 1. The number of allylic oxidation sites excluding steroid dienone is 1. The van der Waals surface area contributed by atoms with E-state index >= 15 is 0 Å². The summed E-state index contributed by atoms with van der Waals surface area (Å²) in [7, 11) is 0. The van der Waals surface area contributed by atoms with Crippen LogP contribution in [0.25, 0.3) is 27.6 Å². The number of nitrogens with zero attached hydrogens (tertiary/aromatic N) is 1. The van der Waals surface area contributed by atoms with Crippen LogP contribution in [-0.4, -0.2) is 23.0 Å². The third-order valence-corrected chi connectivity index (χ3v) is 5.39. The monoisotopic (exact) mass is 300 g/mol. The van der Waals surface area contributed by atoms with Crippen LogP contribution in [0.15, 0.2) is 60.9 Å². The Kier molecular flexibility index (Phi) is 2.84. The van der Waals surface area contributed by atoms with Crippen LogP contribution in [0.1, 0.15) is 18.4 Å². The van der Waals surface area contributed by atoms with Crippen molar-refractivity contribution in [1.82, 2.24) is 9.88 Å². The molecule has 0 unspecified atom stereocenters. The molecular formula is C21H20N2. The first-order chi connectivity index (χ1) is 11.4. The number of piperidine rings is 1. The molecule has 2 heteroatoms. The largest absolute Gasteiger partial charge is 0.377 e. The smallest absolute Gasteiger partial charge is 0.0460 e. The minimum Gasteiger partial charge on any atom is -0.377 e. The molecule has 0 aliphatic carbocycles. The quantitative estimate of drug-likeness (QED) is 0.713. The van der Waals surface area contributed by atoms with Gasteiger partial charge in [0.1, 0.15) is 0 Å². The van der Waals surface area contributed by atoms with Crippen molar-refractivity contribution in [1.29, 1.82) is 0 Å². The number of hydrogen-bond acceptors (Lipinski definition) is 1. The van der Waals surface area contributed by atoms with Crippen molar-refractivity contribution in [2.45, 2.75) is 12.8 Å². The van der Waals surface area contributed by atoms with Gasteiger partial charge in [0.2, 0.25) is 0 Å². The van der Waals surface area contributed by atoms with Gasteiger partial charge in [-0.25, -0.2) is 0 Å². The predicted molar refractivity (Wildman–Crippen MR) is 96.0 cm³/mol. The van der Waals surface area contributed by atoms with Crippen molar-refractivity contribution in [2.75, 3.05) is 13.1 Å². The second-order valence-corrected chi connectivity index (χ2v) is 6.72. The van der Waals surface area contributed by atoms with Crippen molar-refractivity contribution in [2.24, 2.45) is 5.92 Å². The summed E-state index contributed by atoms with van der Waals surface area (Å²) >= 11 is 0. The van der Waals surface area contributed by atoms with Gasteiger partial charge >= 0.3 is 0 Å². The van der Waals surface area contributed by atoms with Gasteiger partial charge in [-0.05, 0) is 47.6 Å². The van der Waals surface area contributed by atoms with Crippen LogP contribution in [0.5, 0.6) is 0 Å². The number of hydrogen-bond donors (Lipinski definition) is 1. The van der Waals surface area contributed by atoms with E-state index in [1.807, 2.05) is 0 Å². The van der Waals surface area contributed by atoms with Crippen molar-refractivity contribution in [3.8, 4) is 11.1 Å². The normalized spacial score (nSPS) is 17.7. The number of aromatic nitrogens is 1. The van der Waals surface area contributed by atoms with Gasteiger partial charge in [-0.3, -0.25) is 0 Å². The Morgan fingerprint density at radius 1 is 0.913 bits per heavy atom. The van der Waals surface area contributed by atoms with Crippen LogP contribution in [0, 0.1) is 5.92 Å². The molecule has 4 heterocycles. The zero-order chi connectivity index (χ0) is 15.2. The van der Waals surface area contributed by atoms with Crippen molar-refractivity contribution < 1.29 is 0 Å². The fraction of sp³-hybridized carbons (Fsp3) is 0.238. The van der Waals surface area contributed by atoms with Crippen LogP contribution >= 0.6 is 0 Å². The first-order valence-corrected chi connectivity index (χ1v) is 8.51. The summed E-state index contributed by atoms with van der Waals surface area (Å²) in [6.07, 6.45) is 7.20. The lowest BCUT2D eigenvalue weighted by molar-refractivity contribution is 0.252. The number of benzene rings is 2. The van der Waals surface area contributed by atoms with Crippen LogP contribution in [0.3, 0.4) is 0 Å². The van der Waals surface area contributed by atoms with Crippen LogP contribution in [0.2, 0.25) is 0 Å². The summed E-state index contributed by atoms with van der Waals surface area (Å²) in [5, 5.41) is 1.35. The average molecular weight is 300 g/mol. The topological polar surface area (TPSA) is 19.0 Å². The standard InChI is InChI=1S/C21H20N2/c1-2-4-15(5-3-1)17-6-7-21-18(12-17)19(13-22-21)20-14-23-10-8-16(20)9-11-23/h1-7,12-14,16,22H,8-11H2. The van der Waals surface area contributed by atoms with Crippen molar-refractivity contribution >= 4 is 16.5 Å². The Bertz CT molecular complexity index is 881. The third kappa shape index (κ3) is 2.09. The van der Waals surface area contributed by atoms with E-state index < -0.39 is 0 Å². The molecule has 0 spiro atoms. The van der Waals surface area contributed by atoms with Crippen molar-refractivity contribution in [3.05, 3.63) is 66.5 Å². The summed E-state index contributed by atoms with van der Waals surface area (Å²) < 4.78 is 0. The molecule has 114 valence electrons. The Hall–Kier alpha value is -2.48. The molecule has 3 aliphatic rings. The molecule has 0 saturated carbocycles. The summed E-state index contributed by atoms with van der Waals surface area (Å²) in [5.74, 6) is 0.736. The molecule has 6 rings (SSSR count). The van der Waals surface area contributed by atoms with Gasteiger partial charge < -0.3 is 9.88 Å². The fourth-order valence-corrected chi connectivity index (χ4v) is 4.10. The maximum absolute atomic E-state index is 3.46. The van der Waals surface area contributed by atoms with Gasteiger partial charge in [-0.15, -0.1) is 0 Å². The van der Waals surface area contributed by atoms with E-state index in [0.29, 0.717) is 0 Å². The lowest BCUT2D eigenvalue weighted by atomic mass is 9.82. The van der Waals surface area contributed by atoms with E-state index in [0.717, 1.165) is 5.92 Å². The van der Waals surface area contributed by atoms with Crippen LogP contribution < -0.4 is 0 Å². The molecule has 0 radical (unpaired) electrons. The molecule has 2 bridgehead atoms. The van der Waals surface area contributed by atoms with E-state index in [-0.39, 0.29) is 0 Å². The van der Waals surface area contributed by atoms with Gasteiger partial charge in [-0.1, -0.05) is 36.4 Å². The van der Waals surface area contributed by atoms with Crippen LogP contribution in [0.4, 0.5) is 0 Å². The van der Waals surface area contributed by atoms with Gasteiger partial charge in [0, 0.05) is 42.0 Å². The summed E-state index contributed by atoms with van der Waals surface area (Å²) in [6.45, 7) is 2.46. The first-order valence-electron chi connectivity index (χ1n) is 8.51. The molecule has 3 aromatic rings. The lowest BCUT2D eigenvalue weighted by Gasteiger charge is -2.39. The van der Waals surface area contributed by atoms with Gasteiger partial charge in [-0.2, -0.15) is 0 Å². The summed E-state index contributed by atoms with van der Waals surface area (Å²) in [5.41, 5.74) is 6.73. The minimum atomic E-state index is 0.736. The Balaban J connectivity index is 1.66. The maximum Gasteiger partial charge on any atom is 0.0460 e. The molecule has 0 amide bonds. The highest BCUT2D eigenvalue weighted by Gasteiger charge is 2.28. The molecule has 3 aliphatic heterocycles. The molecule has 1 fully saturated rings.